The molecule has 3 heteroatoms. The molecule has 3 N–H and O–H groups in total. The van der Waals surface area contributed by atoms with E-state index in [9.17, 15) is 5.11 Å². The van der Waals surface area contributed by atoms with Gasteiger partial charge in [-0.3, -0.25) is 0 Å². The first-order valence-corrected chi connectivity index (χ1v) is 6.49. The van der Waals surface area contributed by atoms with Crippen molar-refractivity contribution in [2.75, 3.05) is 12.3 Å². The first-order chi connectivity index (χ1) is 9.28. The van der Waals surface area contributed by atoms with Crippen molar-refractivity contribution in [2.24, 2.45) is 5.92 Å². The quantitative estimate of drug-likeness (QED) is 0.829. The molecule has 0 aromatic heterocycles. The van der Waals surface area contributed by atoms with E-state index in [-0.39, 0.29) is 18.6 Å². The molecule has 98 valence electrons. The summed E-state index contributed by atoms with van der Waals surface area (Å²) in [6.45, 7) is 0.127. The molecule has 1 aliphatic rings. The molecule has 1 aliphatic carbocycles. The minimum absolute atomic E-state index is 0.0944. The predicted molar refractivity (Wildman–Crippen MR) is 74.9 cm³/mol. The molecule has 19 heavy (non-hydrogen) atoms. The summed E-state index contributed by atoms with van der Waals surface area (Å²) in [5.41, 5.74) is 8.88. The summed E-state index contributed by atoms with van der Waals surface area (Å²) in [5.74, 6) is 0.860. The Morgan fingerprint density at radius 3 is 2.79 bits per heavy atom. The Hall–Kier alpha value is -2.00. The van der Waals surface area contributed by atoms with Crippen molar-refractivity contribution >= 4 is 5.69 Å². The number of aliphatic hydroxyl groups is 1. The van der Waals surface area contributed by atoms with E-state index in [2.05, 4.69) is 12.1 Å². The first kappa shape index (κ1) is 12.1. The standard InChI is InChI=1S/C16H17NO2/c17-13-5-3-6-14(9-13)19-16-12(10-18)8-11-4-1-2-7-15(11)16/h1-7,9,12,16,18H,8,10,17H2. The highest BCUT2D eigenvalue weighted by Gasteiger charge is 2.33. The van der Waals surface area contributed by atoms with Gasteiger partial charge in [0.1, 0.15) is 11.9 Å². The van der Waals surface area contributed by atoms with Crippen LogP contribution < -0.4 is 10.5 Å². The molecule has 2 atom stereocenters. The molecule has 0 radical (unpaired) electrons. The van der Waals surface area contributed by atoms with Crippen LogP contribution in [0.1, 0.15) is 17.2 Å². The van der Waals surface area contributed by atoms with E-state index >= 15 is 0 Å². The van der Waals surface area contributed by atoms with Crippen LogP contribution in [0.4, 0.5) is 5.69 Å². The van der Waals surface area contributed by atoms with Crippen LogP contribution >= 0.6 is 0 Å². The van der Waals surface area contributed by atoms with Crippen LogP contribution in [-0.4, -0.2) is 11.7 Å². The van der Waals surface area contributed by atoms with Crippen LogP contribution in [-0.2, 0) is 6.42 Å². The fourth-order valence-corrected chi connectivity index (χ4v) is 2.70. The monoisotopic (exact) mass is 255 g/mol. The van der Waals surface area contributed by atoms with E-state index in [0.29, 0.717) is 5.69 Å². The van der Waals surface area contributed by atoms with Crippen molar-refractivity contribution in [1.29, 1.82) is 0 Å². The van der Waals surface area contributed by atoms with Gasteiger partial charge in [0.2, 0.25) is 0 Å². The summed E-state index contributed by atoms with van der Waals surface area (Å²) in [6.07, 6.45) is 0.766. The van der Waals surface area contributed by atoms with Gasteiger partial charge in [-0.2, -0.15) is 0 Å². The van der Waals surface area contributed by atoms with E-state index in [4.69, 9.17) is 10.5 Å². The average molecular weight is 255 g/mol. The summed E-state index contributed by atoms with van der Waals surface area (Å²) < 4.78 is 6.05. The van der Waals surface area contributed by atoms with Gasteiger partial charge in [-0.1, -0.05) is 30.3 Å². The highest BCUT2D eigenvalue weighted by molar-refractivity contribution is 5.44. The molecule has 0 heterocycles. The summed E-state index contributed by atoms with van der Waals surface area (Å²) in [6, 6.07) is 15.6. The van der Waals surface area contributed by atoms with E-state index in [1.54, 1.807) is 0 Å². The van der Waals surface area contributed by atoms with Crippen LogP contribution in [0.2, 0.25) is 0 Å². The Kier molecular flexibility index (Phi) is 3.13. The number of benzene rings is 2. The van der Waals surface area contributed by atoms with E-state index in [0.717, 1.165) is 12.2 Å². The Balaban J connectivity index is 1.90. The molecule has 0 amide bonds. The van der Waals surface area contributed by atoms with Crippen LogP contribution in [0.5, 0.6) is 5.75 Å². The molecule has 3 rings (SSSR count). The molecule has 0 spiro atoms. The minimum Gasteiger partial charge on any atom is -0.485 e. The van der Waals surface area contributed by atoms with Gasteiger partial charge >= 0.3 is 0 Å². The van der Waals surface area contributed by atoms with Crippen molar-refractivity contribution < 1.29 is 9.84 Å². The number of anilines is 1. The SMILES string of the molecule is Nc1cccc(OC2c3ccccc3CC2CO)c1. The number of hydrogen-bond donors (Lipinski definition) is 2. The summed E-state index contributed by atoms with van der Waals surface area (Å²) in [5, 5.41) is 9.54. The number of rotatable bonds is 3. The smallest absolute Gasteiger partial charge is 0.129 e. The molecule has 0 bridgehead atoms. The molecular weight excluding hydrogens is 238 g/mol. The highest BCUT2D eigenvalue weighted by atomic mass is 16.5. The van der Waals surface area contributed by atoms with Gasteiger partial charge in [0.15, 0.2) is 0 Å². The van der Waals surface area contributed by atoms with Gasteiger partial charge in [-0.25, -0.2) is 0 Å². The lowest BCUT2D eigenvalue weighted by molar-refractivity contribution is 0.1000. The summed E-state index contributed by atoms with van der Waals surface area (Å²) in [4.78, 5) is 0. The number of ether oxygens (including phenoxy) is 1. The van der Waals surface area contributed by atoms with Gasteiger partial charge in [0, 0.05) is 17.7 Å². The summed E-state index contributed by atoms with van der Waals surface area (Å²) in [7, 11) is 0. The lowest BCUT2D eigenvalue weighted by Crippen LogP contribution is -2.17. The molecule has 2 aromatic carbocycles. The highest BCUT2D eigenvalue weighted by Crippen LogP contribution is 2.39. The second-order valence-electron chi connectivity index (χ2n) is 4.96. The summed E-state index contributed by atoms with van der Waals surface area (Å²) >= 11 is 0. The third kappa shape index (κ3) is 2.29. The van der Waals surface area contributed by atoms with E-state index in [1.807, 2.05) is 36.4 Å². The van der Waals surface area contributed by atoms with Gasteiger partial charge in [-0.05, 0) is 29.7 Å². The zero-order chi connectivity index (χ0) is 13.2. The Labute approximate surface area is 112 Å². The molecule has 0 saturated carbocycles. The van der Waals surface area contributed by atoms with Crippen molar-refractivity contribution in [3.63, 3.8) is 0 Å². The first-order valence-electron chi connectivity index (χ1n) is 6.49. The zero-order valence-corrected chi connectivity index (χ0v) is 10.6. The van der Waals surface area contributed by atoms with Crippen molar-refractivity contribution in [1.82, 2.24) is 0 Å². The maximum atomic E-state index is 9.54. The molecule has 0 saturated heterocycles. The molecular formula is C16H17NO2. The third-order valence-electron chi connectivity index (χ3n) is 3.63. The third-order valence-corrected chi connectivity index (χ3v) is 3.63. The van der Waals surface area contributed by atoms with E-state index in [1.165, 1.54) is 11.1 Å². The number of nitrogen functional groups attached to an aromatic ring is 1. The van der Waals surface area contributed by atoms with Crippen LogP contribution in [0.25, 0.3) is 0 Å². The average Bonchev–Trinajstić information content (AvgIpc) is 2.77. The fourth-order valence-electron chi connectivity index (χ4n) is 2.70. The number of nitrogens with two attached hydrogens (primary N) is 1. The Morgan fingerprint density at radius 1 is 1.16 bits per heavy atom. The van der Waals surface area contributed by atoms with Gasteiger partial charge in [0.05, 0.1) is 6.61 Å². The van der Waals surface area contributed by atoms with E-state index < -0.39 is 0 Å². The lowest BCUT2D eigenvalue weighted by atomic mass is 10.0. The van der Waals surface area contributed by atoms with Crippen LogP contribution in [0.15, 0.2) is 48.5 Å². The molecule has 0 fully saturated rings. The number of aliphatic hydroxyl groups excluding tert-OH is 1. The number of hydrogen-bond acceptors (Lipinski definition) is 3. The predicted octanol–water partition coefficient (Wildman–Crippen LogP) is 2.55. The van der Waals surface area contributed by atoms with Crippen LogP contribution in [0, 0.1) is 5.92 Å². The maximum Gasteiger partial charge on any atom is 0.129 e. The number of fused-ring (bicyclic) bond motifs is 1. The molecule has 2 unspecified atom stereocenters. The Morgan fingerprint density at radius 2 is 2.00 bits per heavy atom. The molecule has 2 aromatic rings. The van der Waals surface area contributed by atoms with Crippen molar-refractivity contribution in [3.05, 3.63) is 59.7 Å². The molecule has 0 aliphatic heterocycles. The zero-order valence-electron chi connectivity index (χ0n) is 10.6. The van der Waals surface area contributed by atoms with Crippen LogP contribution in [0.3, 0.4) is 0 Å². The normalized spacial score (nSPS) is 21.1. The van der Waals surface area contributed by atoms with Gasteiger partial charge in [0.25, 0.3) is 0 Å². The second kappa shape index (κ2) is 4.94. The van der Waals surface area contributed by atoms with Gasteiger partial charge in [-0.15, -0.1) is 0 Å². The van der Waals surface area contributed by atoms with Gasteiger partial charge < -0.3 is 15.6 Å². The topological polar surface area (TPSA) is 55.5 Å². The molecule has 3 nitrogen and oxygen atoms in total. The minimum atomic E-state index is -0.0944. The Bertz CT molecular complexity index is 582. The van der Waals surface area contributed by atoms with Crippen molar-refractivity contribution in [3.8, 4) is 5.75 Å². The fraction of sp³-hybridized carbons (Fsp3) is 0.250. The largest absolute Gasteiger partial charge is 0.485 e. The lowest BCUT2D eigenvalue weighted by Gasteiger charge is -2.20. The van der Waals surface area contributed by atoms with Crippen molar-refractivity contribution in [2.45, 2.75) is 12.5 Å². The second-order valence-corrected chi connectivity index (χ2v) is 4.96. The maximum absolute atomic E-state index is 9.54.